The molecule has 3 heteroatoms. The van der Waals surface area contributed by atoms with E-state index in [1.54, 1.807) is 11.3 Å². The van der Waals surface area contributed by atoms with Crippen molar-refractivity contribution in [2.45, 2.75) is 12.3 Å². The van der Waals surface area contributed by atoms with Crippen LogP contribution < -0.4 is 4.90 Å². The number of nitrogens with zero attached hydrogens (tertiary/aromatic N) is 2. The van der Waals surface area contributed by atoms with Crippen LogP contribution in [0.15, 0.2) is 66.0 Å². The smallest absolute Gasteiger partial charge is 0.185 e. The molecule has 1 unspecified atom stereocenters. The van der Waals surface area contributed by atoms with Crippen LogP contribution in [-0.4, -0.2) is 18.1 Å². The summed E-state index contributed by atoms with van der Waals surface area (Å²) < 4.78 is 0. The van der Waals surface area contributed by atoms with Crippen LogP contribution in [0.2, 0.25) is 0 Å². The lowest BCUT2D eigenvalue weighted by atomic mass is 9.99. The number of hydrogen-bond donors (Lipinski definition) is 0. The van der Waals surface area contributed by atoms with Gasteiger partial charge in [0.25, 0.3) is 0 Å². The predicted molar refractivity (Wildman–Crippen MR) is 93.6 cm³/mol. The molecule has 0 saturated carbocycles. The van der Waals surface area contributed by atoms with E-state index in [1.807, 2.05) is 6.07 Å². The van der Waals surface area contributed by atoms with Crippen molar-refractivity contribution >= 4 is 16.5 Å². The van der Waals surface area contributed by atoms with Crippen LogP contribution in [0.5, 0.6) is 0 Å². The van der Waals surface area contributed by atoms with Gasteiger partial charge in [-0.15, -0.1) is 11.3 Å². The quantitative estimate of drug-likeness (QED) is 0.690. The number of hydrogen-bond acceptors (Lipinski definition) is 3. The van der Waals surface area contributed by atoms with Gasteiger partial charge in [0, 0.05) is 30.0 Å². The molecule has 1 aliphatic heterocycles. The second-order valence-electron chi connectivity index (χ2n) is 5.72. The van der Waals surface area contributed by atoms with Crippen LogP contribution in [0.4, 0.5) is 5.13 Å². The molecule has 1 saturated heterocycles. The van der Waals surface area contributed by atoms with Gasteiger partial charge in [-0.1, -0.05) is 60.7 Å². The number of anilines is 1. The maximum atomic E-state index is 4.84. The minimum absolute atomic E-state index is 0.630. The average molecular weight is 306 g/mol. The number of aromatic nitrogens is 1. The molecule has 0 amide bonds. The maximum absolute atomic E-state index is 4.84. The molecule has 1 aliphatic rings. The van der Waals surface area contributed by atoms with Crippen LogP contribution in [0.25, 0.3) is 11.3 Å². The minimum Gasteiger partial charge on any atom is -0.347 e. The summed E-state index contributed by atoms with van der Waals surface area (Å²) in [4.78, 5) is 7.26. The molecule has 3 aromatic rings. The monoisotopic (exact) mass is 306 g/mol. The highest BCUT2D eigenvalue weighted by atomic mass is 32.1. The van der Waals surface area contributed by atoms with E-state index >= 15 is 0 Å². The highest BCUT2D eigenvalue weighted by Crippen LogP contribution is 2.34. The Morgan fingerprint density at radius 3 is 2.45 bits per heavy atom. The highest BCUT2D eigenvalue weighted by molar-refractivity contribution is 7.14. The van der Waals surface area contributed by atoms with Crippen molar-refractivity contribution in [3.05, 3.63) is 71.6 Å². The normalized spacial score (nSPS) is 17.8. The van der Waals surface area contributed by atoms with Gasteiger partial charge >= 0.3 is 0 Å². The zero-order chi connectivity index (χ0) is 14.8. The Labute approximate surface area is 135 Å². The van der Waals surface area contributed by atoms with Gasteiger partial charge in [0.2, 0.25) is 0 Å². The largest absolute Gasteiger partial charge is 0.347 e. The lowest BCUT2D eigenvalue weighted by molar-refractivity contribution is 0.775. The Balaban J connectivity index is 1.51. The van der Waals surface area contributed by atoms with E-state index in [-0.39, 0.29) is 0 Å². The molecule has 22 heavy (non-hydrogen) atoms. The van der Waals surface area contributed by atoms with Gasteiger partial charge in [0.05, 0.1) is 5.69 Å². The molecule has 0 radical (unpaired) electrons. The molecule has 1 fully saturated rings. The third kappa shape index (κ3) is 2.64. The Bertz CT molecular complexity index is 736. The van der Waals surface area contributed by atoms with Gasteiger partial charge in [0.1, 0.15) is 0 Å². The Morgan fingerprint density at radius 1 is 0.955 bits per heavy atom. The summed E-state index contributed by atoms with van der Waals surface area (Å²) in [5.41, 5.74) is 3.73. The summed E-state index contributed by atoms with van der Waals surface area (Å²) in [6.45, 7) is 2.17. The molecule has 1 aromatic heterocycles. The maximum Gasteiger partial charge on any atom is 0.185 e. The molecule has 0 aliphatic carbocycles. The van der Waals surface area contributed by atoms with Crippen LogP contribution in [0.1, 0.15) is 17.9 Å². The lowest BCUT2D eigenvalue weighted by Gasteiger charge is -2.15. The van der Waals surface area contributed by atoms with Crippen molar-refractivity contribution in [1.82, 2.24) is 4.98 Å². The van der Waals surface area contributed by atoms with Gasteiger partial charge in [-0.2, -0.15) is 0 Å². The Hall–Kier alpha value is -2.13. The zero-order valence-electron chi connectivity index (χ0n) is 12.4. The van der Waals surface area contributed by atoms with Crippen molar-refractivity contribution in [1.29, 1.82) is 0 Å². The molecule has 2 aromatic carbocycles. The summed E-state index contributed by atoms with van der Waals surface area (Å²) in [5, 5.41) is 3.32. The fraction of sp³-hybridized carbons (Fsp3) is 0.211. The van der Waals surface area contributed by atoms with Crippen molar-refractivity contribution < 1.29 is 0 Å². The van der Waals surface area contributed by atoms with Gasteiger partial charge in [-0.25, -0.2) is 4.98 Å². The van der Waals surface area contributed by atoms with Gasteiger partial charge < -0.3 is 4.90 Å². The van der Waals surface area contributed by atoms with Crippen LogP contribution in [0, 0.1) is 0 Å². The minimum atomic E-state index is 0.630. The van der Waals surface area contributed by atoms with Crippen LogP contribution in [-0.2, 0) is 0 Å². The first-order chi connectivity index (χ1) is 10.9. The van der Waals surface area contributed by atoms with E-state index in [9.17, 15) is 0 Å². The van der Waals surface area contributed by atoms with Crippen LogP contribution in [0.3, 0.4) is 0 Å². The van der Waals surface area contributed by atoms with Crippen molar-refractivity contribution in [3.8, 4) is 11.3 Å². The van der Waals surface area contributed by atoms with Crippen LogP contribution >= 0.6 is 11.3 Å². The standard InChI is InChI=1S/C19H18N2S/c1-3-7-15(8-4-1)17-11-12-21(13-17)19-20-18(14-22-19)16-9-5-2-6-10-16/h1-10,14,17H,11-13H2. The summed E-state index contributed by atoms with van der Waals surface area (Å²) in [7, 11) is 0. The molecule has 4 rings (SSSR count). The summed E-state index contributed by atoms with van der Waals surface area (Å²) in [6.07, 6.45) is 1.21. The van der Waals surface area contributed by atoms with E-state index in [1.165, 1.54) is 17.5 Å². The predicted octanol–water partition coefficient (Wildman–Crippen LogP) is 4.80. The molecule has 110 valence electrons. The van der Waals surface area contributed by atoms with Gasteiger partial charge in [-0.3, -0.25) is 0 Å². The number of rotatable bonds is 3. The van der Waals surface area contributed by atoms with Crippen molar-refractivity contribution in [2.75, 3.05) is 18.0 Å². The zero-order valence-corrected chi connectivity index (χ0v) is 13.2. The molecule has 0 spiro atoms. The molecular formula is C19H18N2S. The number of thiazole rings is 1. The SMILES string of the molecule is c1ccc(-c2csc(N3CCC(c4ccccc4)C3)n2)cc1. The third-order valence-corrected chi connectivity index (χ3v) is 5.19. The van der Waals surface area contributed by atoms with Gasteiger partial charge in [0.15, 0.2) is 5.13 Å². The van der Waals surface area contributed by atoms with E-state index in [0.29, 0.717) is 5.92 Å². The molecule has 1 atom stereocenters. The summed E-state index contributed by atoms with van der Waals surface area (Å²) >= 11 is 1.75. The Morgan fingerprint density at radius 2 is 1.68 bits per heavy atom. The molecular weight excluding hydrogens is 288 g/mol. The first-order valence-electron chi connectivity index (χ1n) is 7.71. The Kier molecular flexibility index (Phi) is 3.65. The first-order valence-corrected chi connectivity index (χ1v) is 8.59. The molecule has 2 heterocycles. The average Bonchev–Trinajstić information content (AvgIpc) is 3.26. The topological polar surface area (TPSA) is 16.1 Å². The fourth-order valence-corrected chi connectivity index (χ4v) is 3.95. The highest BCUT2D eigenvalue weighted by Gasteiger charge is 2.25. The molecule has 2 nitrogen and oxygen atoms in total. The third-order valence-electron chi connectivity index (χ3n) is 4.29. The van der Waals surface area contributed by atoms with E-state index in [0.717, 1.165) is 23.9 Å². The number of benzene rings is 2. The van der Waals surface area contributed by atoms with E-state index in [2.05, 4.69) is 64.9 Å². The second kappa shape index (κ2) is 5.93. The van der Waals surface area contributed by atoms with E-state index in [4.69, 9.17) is 4.98 Å². The van der Waals surface area contributed by atoms with E-state index < -0.39 is 0 Å². The molecule has 0 N–H and O–H groups in total. The molecule has 0 bridgehead atoms. The van der Waals surface area contributed by atoms with Crippen molar-refractivity contribution in [2.24, 2.45) is 0 Å². The summed E-state index contributed by atoms with van der Waals surface area (Å²) in [6, 6.07) is 21.3. The van der Waals surface area contributed by atoms with Crippen molar-refractivity contribution in [3.63, 3.8) is 0 Å². The first kappa shape index (κ1) is 13.5. The lowest BCUT2D eigenvalue weighted by Crippen LogP contribution is -2.18. The van der Waals surface area contributed by atoms with Gasteiger partial charge in [-0.05, 0) is 12.0 Å². The fourth-order valence-electron chi connectivity index (χ4n) is 3.08. The second-order valence-corrected chi connectivity index (χ2v) is 6.56. The summed E-state index contributed by atoms with van der Waals surface area (Å²) in [5.74, 6) is 0.630.